The van der Waals surface area contributed by atoms with E-state index in [9.17, 15) is 0 Å². The van der Waals surface area contributed by atoms with Crippen molar-refractivity contribution < 1.29 is 9.47 Å². The predicted molar refractivity (Wildman–Crippen MR) is 51.4 cm³/mol. The number of methoxy groups -OCH3 is 2. The largest absolute Gasteiger partial charge is 0.491 e. The van der Waals surface area contributed by atoms with Crippen molar-refractivity contribution in [2.75, 3.05) is 14.2 Å². The fraction of sp³-hybridized carbons (Fsp3) is 0.400. The number of rotatable bonds is 3. The van der Waals surface area contributed by atoms with E-state index in [2.05, 4.69) is 4.98 Å². The minimum atomic E-state index is 0.348. The molecule has 4 nitrogen and oxygen atoms in total. The van der Waals surface area contributed by atoms with E-state index in [0.717, 1.165) is 12.0 Å². The number of pyridine rings is 1. The van der Waals surface area contributed by atoms with E-state index >= 15 is 0 Å². The number of ether oxygens (including phenoxy) is 2. The molecule has 0 aliphatic rings. The van der Waals surface area contributed by atoms with Crippen LogP contribution in [0.5, 0.6) is 11.6 Å². The number of hydrogen-bond donors (Lipinski definition) is 0. The molecule has 4 heteroatoms. The molecular weight excluding hydrogens is 180 g/mol. The summed E-state index contributed by atoms with van der Waals surface area (Å²) in [4.78, 5) is 4.04. The topological polar surface area (TPSA) is 55.1 Å². The molecule has 0 amide bonds. The third-order valence-corrected chi connectivity index (χ3v) is 1.93. The zero-order chi connectivity index (χ0) is 10.6. The van der Waals surface area contributed by atoms with Gasteiger partial charge in [0.05, 0.1) is 14.2 Å². The molecule has 14 heavy (non-hydrogen) atoms. The van der Waals surface area contributed by atoms with Crippen LogP contribution in [0.15, 0.2) is 6.07 Å². The molecule has 1 aromatic rings. The number of nitriles is 1. The molecule has 0 aromatic carbocycles. The Hall–Kier alpha value is -1.76. The van der Waals surface area contributed by atoms with Crippen LogP contribution in [-0.2, 0) is 6.42 Å². The Morgan fingerprint density at radius 1 is 1.43 bits per heavy atom. The van der Waals surface area contributed by atoms with Crippen LogP contribution in [0, 0.1) is 11.3 Å². The lowest BCUT2D eigenvalue weighted by Gasteiger charge is -2.08. The van der Waals surface area contributed by atoms with E-state index in [1.807, 2.05) is 13.0 Å². The maximum atomic E-state index is 8.82. The van der Waals surface area contributed by atoms with Gasteiger partial charge in [-0.05, 0) is 18.1 Å². The SMILES string of the molecule is CCc1cc(OC)c(OC)nc1C#N. The Labute approximate surface area is 83.1 Å². The minimum absolute atomic E-state index is 0.348. The number of hydrogen-bond acceptors (Lipinski definition) is 4. The number of aromatic nitrogens is 1. The van der Waals surface area contributed by atoms with Gasteiger partial charge in [-0.25, -0.2) is 0 Å². The third kappa shape index (κ3) is 1.77. The van der Waals surface area contributed by atoms with Crippen molar-refractivity contribution in [2.45, 2.75) is 13.3 Å². The zero-order valence-electron chi connectivity index (χ0n) is 8.50. The Kier molecular flexibility index (Phi) is 3.29. The normalized spacial score (nSPS) is 9.29. The van der Waals surface area contributed by atoms with Crippen LogP contribution in [0.4, 0.5) is 0 Å². The second-order valence-electron chi connectivity index (χ2n) is 2.67. The molecule has 0 fully saturated rings. The van der Waals surface area contributed by atoms with Gasteiger partial charge in [0, 0.05) is 0 Å². The predicted octanol–water partition coefficient (Wildman–Crippen LogP) is 1.53. The maximum absolute atomic E-state index is 8.82. The smallest absolute Gasteiger partial charge is 0.258 e. The average Bonchev–Trinajstić information content (AvgIpc) is 2.26. The Bertz CT molecular complexity index is 369. The van der Waals surface area contributed by atoms with Crippen LogP contribution in [0.3, 0.4) is 0 Å². The highest BCUT2D eigenvalue weighted by molar-refractivity contribution is 5.43. The first-order chi connectivity index (χ1) is 6.76. The van der Waals surface area contributed by atoms with Crippen LogP contribution in [0.1, 0.15) is 18.2 Å². The van der Waals surface area contributed by atoms with Gasteiger partial charge in [-0.2, -0.15) is 10.2 Å². The van der Waals surface area contributed by atoms with Gasteiger partial charge in [0.15, 0.2) is 5.75 Å². The summed E-state index contributed by atoms with van der Waals surface area (Å²) in [5, 5.41) is 8.82. The molecule has 0 saturated heterocycles. The fourth-order valence-electron chi connectivity index (χ4n) is 1.18. The fourth-order valence-corrected chi connectivity index (χ4v) is 1.18. The molecule has 74 valence electrons. The minimum Gasteiger partial charge on any atom is -0.491 e. The molecule has 0 radical (unpaired) electrons. The standard InChI is InChI=1S/C10H12N2O2/c1-4-7-5-9(13-2)10(14-3)12-8(7)6-11/h5H,4H2,1-3H3. The van der Waals surface area contributed by atoms with E-state index < -0.39 is 0 Å². The van der Waals surface area contributed by atoms with E-state index in [-0.39, 0.29) is 0 Å². The maximum Gasteiger partial charge on any atom is 0.258 e. The summed E-state index contributed by atoms with van der Waals surface area (Å²) in [5.41, 5.74) is 1.26. The van der Waals surface area contributed by atoms with Gasteiger partial charge in [-0.1, -0.05) is 6.92 Å². The molecule has 0 spiro atoms. The van der Waals surface area contributed by atoms with Crippen molar-refractivity contribution in [1.82, 2.24) is 4.98 Å². The summed E-state index contributed by atoms with van der Waals surface area (Å²) < 4.78 is 10.1. The van der Waals surface area contributed by atoms with Gasteiger partial charge in [0.25, 0.3) is 5.88 Å². The molecule has 0 bridgehead atoms. The van der Waals surface area contributed by atoms with Crippen molar-refractivity contribution in [3.63, 3.8) is 0 Å². The molecule has 0 saturated carbocycles. The summed E-state index contributed by atoms with van der Waals surface area (Å²) in [6.07, 6.45) is 0.746. The quantitative estimate of drug-likeness (QED) is 0.728. The van der Waals surface area contributed by atoms with Crippen LogP contribution >= 0.6 is 0 Å². The Morgan fingerprint density at radius 3 is 2.57 bits per heavy atom. The first kappa shape index (κ1) is 10.3. The van der Waals surface area contributed by atoms with E-state index in [1.165, 1.54) is 7.11 Å². The third-order valence-electron chi connectivity index (χ3n) is 1.93. The molecule has 0 unspecified atom stereocenters. The molecular formula is C10H12N2O2. The van der Waals surface area contributed by atoms with E-state index in [1.54, 1.807) is 13.2 Å². The summed E-state index contributed by atoms with van der Waals surface area (Å²) in [5.74, 6) is 0.907. The summed E-state index contributed by atoms with van der Waals surface area (Å²) in [6, 6.07) is 3.81. The lowest BCUT2D eigenvalue weighted by molar-refractivity contribution is 0.342. The Morgan fingerprint density at radius 2 is 2.14 bits per heavy atom. The van der Waals surface area contributed by atoms with Crippen LogP contribution in [0.2, 0.25) is 0 Å². The van der Waals surface area contributed by atoms with Gasteiger partial charge in [-0.3, -0.25) is 0 Å². The molecule has 0 atom stereocenters. The zero-order valence-corrected chi connectivity index (χ0v) is 8.50. The summed E-state index contributed by atoms with van der Waals surface area (Å²) in [7, 11) is 3.04. The highest BCUT2D eigenvalue weighted by Crippen LogP contribution is 2.26. The van der Waals surface area contributed by atoms with Crippen molar-refractivity contribution in [2.24, 2.45) is 0 Å². The van der Waals surface area contributed by atoms with Crippen LogP contribution < -0.4 is 9.47 Å². The highest BCUT2D eigenvalue weighted by atomic mass is 16.5. The average molecular weight is 192 g/mol. The van der Waals surface area contributed by atoms with E-state index in [0.29, 0.717) is 17.3 Å². The second kappa shape index (κ2) is 4.47. The van der Waals surface area contributed by atoms with Gasteiger partial charge < -0.3 is 9.47 Å². The van der Waals surface area contributed by atoms with Gasteiger partial charge >= 0.3 is 0 Å². The second-order valence-corrected chi connectivity index (χ2v) is 2.67. The molecule has 0 N–H and O–H groups in total. The molecule has 1 rings (SSSR count). The number of aryl methyl sites for hydroxylation is 1. The van der Waals surface area contributed by atoms with Crippen molar-refractivity contribution in [1.29, 1.82) is 5.26 Å². The number of nitrogens with zero attached hydrogens (tertiary/aromatic N) is 2. The van der Waals surface area contributed by atoms with Gasteiger partial charge in [0.2, 0.25) is 0 Å². The van der Waals surface area contributed by atoms with Crippen molar-refractivity contribution in [3.8, 4) is 17.7 Å². The lowest BCUT2D eigenvalue weighted by Crippen LogP contribution is -1.99. The molecule has 0 aliphatic heterocycles. The monoisotopic (exact) mass is 192 g/mol. The first-order valence-corrected chi connectivity index (χ1v) is 4.28. The Balaban J connectivity index is 3.30. The van der Waals surface area contributed by atoms with Gasteiger partial charge in [-0.15, -0.1) is 0 Å². The van der Waals surface area contributed by atoms with Gasteiger partial charge in [0.1, 0.15) is 11.8 Å². The van der Waals surface area contributed by atoms with Crippen molar-refractivity contribution >= 4 is 0 Å². The molecule has 0 aliphatic carbocycles. The first-order valence-electron chi connectivity index (χ1n) is 4.28. The van der Waals surface area contributed by atoms with Crippen LogP contribution in [0.25, 0.3) is 0 Å². The molecule has 1 aromatic heterocycles. The van der Waals surface area contributed by atoms with Crippen LogP contribution in [-0.4, -0.2) is 19.2 Å². The molecule has 1 heterocycles. The summed E-state index contributed by atoms with van der Waals surface area (Å²) >= 11 is 0. The summed E-state index contributed by atoms with van der Waals surface area (Å²) in [6.45, 7) is 1.96. The highest BCUT2D eigenvalue weighted by Gasteiger charge is 2.10. The lowest BCUT2D eigenvalue weighted by atomic mass is 10.1. The van der Waals surface area contributed by atoms with E-state index in [4.69, 9.17) is 14.7 Å². The van der Waals surface area contributed by atoms with Crippen molar-refractivity contribution in [3.05, 3.63) is 17.3 Å².